The first-order valence-electron chi connectivity index (χ1n) is 9.62. The molecule has 2 bridgehead atoms. The van der Waals surface area contributed by atoms with Gasteiger partial charge in [0, 0.05) is 19.0 Å². The first-order valence-corrected chi connectivity index (χ1v) is 11.1. The van der Waals surface area contributed by atoms with Crippen molar-refractivity contribution in [3.63, 3.8) is 0 Å². The average Bonchev–Trinajstić information content (AvgIpc) is 3.20. The second-order valence-corrected chi connectivity index (χ2v) is 9.86. The second-order valence-electron chi connectivity index (χ2n) is 8.09. The van der Waals surface area contributed by atoms with Crippen molar-refractivity contribution in [2.24, 2.45) is 17.8 Å². The summed E-state index contributed by atoms with van der Waals surface area (Å²) in [5.41, 5.74) is 1.99. The Balaban J connectivity index is 1.46. The number of hydrogen-bond acceptors (Lipinski definition) is 3. The lowest BCUT2D eigenvalue weighted by atomic mass is 9.84. The molecule has 144 valence electrons. The Morgan fingerprint density at radius 2 is 1.96 bits per heavy atom. The van der Waals surface area contributed by atoms with Crippen molar-refractivity contribution in [3.8, 4) is 0 Å². The minimum atomic E-state index is -3.58. The van der Waals surface area contributed by atoms with E-state index in [1.54, 1.807) is 18.2 Å². The number of rotatable bonds is 7. The van der Waals surface area contributed by atoms with Gasteiger partial charge in [-0.2, -0.15) is 0 Å². The van der Waals surface area contributed by atoms with Crippen LogP contribution in [0.1, 0.15) is 50.2 Å². The predicted octanol–water partition coefficient (Wildman–Crippen LogP) is 2.91. The van der Waals surface area contributed by atoms with E-state index >= 15 is 0 Å². The molecule has 1 aromatic carbocycles. The Labute approximate surface area is 157 Å². The molecule has 0 saturated heterocycles. The van der Waals surface area contributed by atoms with E-state index < -0.39 is 10.0 Å². The Kier molecular flexibility index (Phi) is 5.72. The lowest BCUT2D eigenvalue weighted by molar-refractivity contribution is -0.122. The molecule has 4 atom stereocenters. The van der Waals surface area contributed by atoms with E-state index in [0.29, 0.717) is 5.92 Å². The molecule has 0 heterocycles. The van der Waals surface area contributed by atoms with Gasteiger partial charge < -0.3 is 5.32 Å². The van der Waals surface area contributed by atoms with Crippen molar-refractivity contribution in [1.82, 2.24) is 10.0 Å². The molecule has 26 heavy (non-hydrogen) atoms. The van der Waals surface area contributed by atoms with Crippen LogP contribution in [-0.4, -0.2) is 26.9 Å². The van der Waals surface area contributed by atoms with Crippen LogP contribution in [0.5, 0.6) is 0 Å². The van der Waals surface area contributed by atoms with Gasteiger partial charge in [0.05, 0.1) is 4.90 Å². The minimum absolute atomic E-state index is 0.0805. The standard InChI is InChI=1S/C20H30N2O3S/c1-13-4-7-18(10-14(13)2)26(24,25)21-9-8-20(23)22-15(3)19-12-16-5-6-17(19)11-16/h4,7,10,15-17,19,21H,5-6,8-9,11-12H2,1-3H3,(H,22,23)/t15-,16+,17+,19-/m1/s1. The highest BCUT2D eigenvalue weighted by molar-refractivity contribution is 7.89. The van der Waals surface area contributed by atoms with E-state index in [4.69, 9.17) is 0 Å². The number of carbonyl (C=O) groups is 1. The zero-order valence-corrected chi connectivity index (χ0v) is 16.7. The zero-order chi connectivity index (χ0) is 18.9. The molecule has 0 spiro atoms. The maximum absolute atomic E-state index is 12.4. The van der Waals surface area contributed by atoms with Crippen LogP contribution in [0.3, 0.4) is 0 Å². The summed E-state index contributed by atoms with van der Waals surface area (Å²) < 4.78 is 27.2. The number of benzene rings is 1. The van der Waals surface area contributed by atoms with Crippen LogP contribution < -0.4 is 10.0 Å². The molecule has 6 heteroatoms. The molecule has 2 saturated carbocycles. The van der Waals surface area contributed by atoms with E-state index in [1.165, 1.54) is 25.7 Å². The molecule has 3 rings (SSSR count). The van der Waals surface area contributed by atoms with Crippen LogP contribution in [0.2, 0.25) is 0 Å². The Morgan fingerprint density at radius 3 is 2.58 bits per heavy atom. The number of nitrogens with one attached hydrogen (secondary N) is 2. The van der Waals surface area contributed by atoms with Crippen molar-refractivity contribution in [2.45, 2.75) is 63.8 Å². The third-order valence-electron chi connectivity index (χ3n) is 6.26. The first-order chi connectivity index (χ1) is 12.3. The van der Waals surface area contributed by atoms with Gasteiger partial charge in [0.2, 0.25) is 15.9 Å². The fourth-order valence-corrected chi connectivity index (χ4v) is 5.72. The first kappa shape index (κ1) is 19.4. The highest BCUT2D eigenvalue weighted by Gasteiger charge is 2.42. The number of amides is 1. The molecule has 2 aliphatic carbocycles. The summed E-state index contributed by atoms with van der Waals surface area (Å²) in [5.74, 6) is 2.13. The van der Waals surface area contributed by atoms with Crippen molar-refractivity contribution in [1.29, 1.82) is 0 Å². The quantitative estimate of drug-likeness (QED) is 0.766. The van der Waals surface area contributed by atoms with Crippen LogP contribution in [-0.2, 0) is 14.8 Å². The van der Waals surface area contributed by atoms with Gasteiger partial charge in [-0.15, -0.1) is 0 Å². The molecule has 0 aliphatic heterocycles. The molecule has 1 amide bonds. The van der Waals surface area contributed by atoms with Gasteiger partial charge in [0.1, 0.15) is 0 Å². The van der Waals surface area contributed by atoms with E-state index in [9.17, 15) is 13.2 Å². The highest BCUT2D eigenvalue weighted by Crippen LogP contribution is 2.49. The van der Waals surface area contributed by atoms with E-state index in [-0.39, 0.29) is 29.8 Å². The van der Waals surface area contributed by atoms with Gasteiger partial charge in [0.25, 0.3) is 0 Å². The monoisotopic (exact) mass is 378 g/mol. The van der Waals surface area contributed by atoms with Gasteiger partial charge in [-0.3, -0.25) is 4.79 Å². The third-order valence-corrected chi connectivity index (χ3v) is 7.72. The van der Waals surface area contributed by atoms with Gasteiger partial charge >= 0.3 is 0 Å². The molecular weight excluding hydrogens is 348 g/mol. The number of hydrogen-bond donors (Lipinski definition) is 2. The summed E-state index contributed by atoms with van der Waals surface area (Å²) in [6.45, 7) is 6.03. The largest absolute Gasteiger partial charge is 0.353 e. The van der Waals surface area contributed by atoms with E-state index in [1.807, 2.05) is 13.8 Å². The van der Waals surface area contributed by atoms with Gasteiger partial charge in [-0.1, -0.05) is 12.5 Å². The molecule has 2 aliphatic rings. The third kappa shape index (κ3) is 4.29. The Hall–Kier alpha value is -1.40. The molecular formula is C20H30N2O3S. The van der Waals surface area contributed by atoms with Crippen LogP contribution in [0.15, 0.2) is 23.1 Å². The van der Waals surface area contributed by atoms with Crippen LogP contribution >= 0.6 is 0 Å². The lowest BCUT2D eigenvalue weighted by Crippen LogP contribution is -2.41. The van der Waals surface area contributed by atoms with Crippen molar-refractivity contribution in [3.05, 3.63) is 29.3 Å². The topological polar surface area (TPSA) is 75.3 Å². The fourth-order valence-electron chi connectivity index (χ4n) is 4.60. The number of carbonyl (C=O) groups excluding carboxylic acids is 1. The molecule has 2 fully saturated rings. The summed E-state index contributed by atoms with van der Waals surface area (Å²) >= 11 is 0. The lowest BCUT2D eigenvalue weighted by Gasteiger charge is -2.28. The summed E-state index contributed by atoms with van der Waals surface area (Å²) in [7, 11) is -3.58. The SMILES string of the molecule is Cc1ccc(S(=O)(=O)NCCC(=O)N[C@H](C)[C@H]2C[C@H]3CC[C@H]2C3)cc1C. The average molecular weight is 379 g/mol. The van der Waals surface area contributed by atoms with E-state index in [2.05, 4.69) is 17.0 Å². The summed E-state index contributed by atoms with van der Waals surface area (Å²) in [4.78, 5) is 12.4. The molecule has 0 aromatic heterocycles. The van der Waals surface area contributed by atoms with Gasteiger partial charge in [0.15, 0.2) is 0 Å². The minimum Gasteiger partial charge on any atom is -0.353 e. The zero-order valence-electron chi connectivity index (χ0n) is 15.9. The molecule has 1 aromatic rings. The normalized spacial score (nSPS) is 26.0. The second kappa shape index (κ2) is 7.69. The summed E-state index contributed by atoms with van der Waals surface area (Å²) in [6, 6.07) is 5.24. The highest BCUT2D eigenvalue weighted by atomic mass is 32.2. The van der Waals surface area contributed by atoms with Gasteiger partial charge in [-0.05, 0) is 81.0 Å². The van der Waals surface area contributed by atoms with Crippen LogP contribution in [0.25, 0.3) is 0 Å². The molecule has 0 unspecified atom stereocenters. The van der Waals surface area contributed by atoms with Crippen LogP contribution in [0.4, 0.5) is 0 Å². The summed E-state index contributed by atoms with van der Waals surface area (Å²) in [6.07, 6.45) is 5.36. The van der Waals surface area contributed by atoms with Crippen LogP contribution in [0, 0.1) is 31.6 Å². The molecule has 5 nitrogen and oxygen atoms in total. The molecule has 2 N–H and O–H groups in total. The fraction of sp³-hybridized carbons (Fsp3) is 0.650. The maximum atomic E-state index is 12.4. The summed E-state index contributed by atoms with van der Waals surface area (Å²) in [5, 5.41) is 3.08. The van der Waals surface area contributed by atoms with E-state index in [0.717, 1.165) is 23.0 Å². The predicted molar refractivity (Wildman–Crippen MR) is 102 cm³/mol. The van der Waals surface area contributed by atoms with Crippen molar-refractivity contribution < 1.29 is 13.2 Å². The van der Waals surface area contributed by atoms with Gasteiger partial charge in [-0.25, -0.2) is 13.1 Å². The van der Waals surface area contributed by atoms with Crippen molar-refractivity contribution in [2.75, 3.05) is 6.54 Å². The molecule has 0 radical (unpaired) electrons. The smallest absolute Gasteiger partial charge is 0.240 e. The Morgan fingerprint density at radius 1 is 1.19 bits per heavy atom. The number of fused-ring (bicyclic) bond motifs is 2. The number of sulfonamides is 1. The Bertz CT molecular complexity index is 775. The van der Waals surface area contributed by atoms with Crippen molar-refractivity contribution >= 4 is 15.9 Å². The maximum Gasteiger partial charge on any atom is 0.240 e. The number of aryl methyl sites for hydroxylation is 2.